The lowest BCUT2D eigenvalue weighted by atomic mass is 9.92. The lowest BCUT2D eigenvalue weighted by Gasteiger charge is -2.19. The quantitative estimate of drug-likeness (QED) is 0.659. The van der Waals surface area contributed by atoms with Crippen LogP contribution in [-0.2, 0) is 9.47 Å². The molecule has 0 amide bonds. The number of hydrogen-bond donors (Lipinski definition) is 0. The highest BCUT2D eigenvalue weighted by Crippen LogP contribution is 2.20. The van der Waals surface area contributed by atoms with Gasteiger partial charge in [-0.1, -0.05) is 26.7 Å². The van der Waals surface area contributed by atoms with Gasteiger partial charge < -0.3 is 9.47 Å². The molecular formula is C11H22O2. The van der Waals surface area contributed by atoms with Crippen LogP contribution in [0.3, 0.4) is 0 Å². The molecule has 78 valence electrons. The van der Waals surface area contributed by atoms with Gasteiger partial charge >= 0.3 is 0 Å². The van der Waals surface area contributed by atoms with Gasteiger partial charge in [-0.3, -0.25) is 0 Å². The van der Waals surface area contributed by atoms with Gasteiger partial charge in [-0.05, 0) is 18.3 Å². The number of rotatable bonds is 2. The zero-order chi connectivity index (χ0) is 9.52. The van der Waals surface area contributed by atoms with Gasteiger partial charge in [0.05, 0.1) is 13.2 Å². The molecule has 0 spiro atoms. The molecule has 1 fully saturated rings. The lowest BCUT2D eigenvalue weighted by Crippen LogP contribution is -2.14. The third kappa shape index (κ3) is 4.10. The predicted octanol–water partition coefficient (Wildman–Crippen LogP) is 2.48. The molecule has 1 saturated heterocycles. The van der Waals surface area contributed by atoms with E-state index >= 15 is 0 Å². The Balaban J connectivity index is 2.37. The van der Waals surface area contributed by atoms with Crippen molar-refractivity contribution in [2.24, 2.45) is 11.8 Å². The van der Waals surface area contributed by atoms with E-state index in [1.54, 1.807) is 0 Å². The van der Waals surface area contributed by atoms with Crippen molar-refractivity contribution in [3.8, 4) is 0 Å². The summed E-state index contributed by atoms with van der Waals surface area (Å²) in [7, 11) is 0. The van der Waals surface area contributed by atoms with Crippen LogP contribution < -0.4 is 0 Å². The highest BCUT2D eigenvalue weighted by atomic mass is 16.5. The molecule has 1 heterocycles. The van der Waals surface area contributed by atoms with E-state index in [2.05, 4.69) is 13.8 Å². The minimum Gasteiger partial charge on any atom is -0.379 e. The maximum absolute atomic E-state index is 5.53. The fourth-order valence-corrected chi connectivity index (χ4v) is 1.79. The average Bonchev–Trinajstić information content (AvgIpc) is 2.28. The van der Waals surface area contributed by atoms with Crippen LogP contribution in [0, 0.1) is 11.8 Å². The summed E-state index contributed by atoms with van der Waals surface area (Å²) in [6.45, 7) is 7.89. The summed E-state index contributed by atoms with van der Waals surface area (Å²) in [5.74, 6) is 1.48. The minimum atomic E-state index is 0.742. The molecule has 1 aliphatic rings. The van der Waals surface area contributed by atoms with Crippen molar-refractivity contribution in [1.82, 2.24) is 0 Å². The van der Waals surface area contributed by atoms with Gasteiger partial charge in [0, 0.05) is 13.2 Å². The third-order valence-electron chi connectivity index (χ3n) is 2.90. The van der Waals surface area contributed by atoms with E-state index in [4.69, 9.17) is 9.47 Å². The number of ether oxygens (including phenoxy) is 2. The van der Waals surface area contributed by atoms with Gasteiger partial charge in [-0.15, -0.1) is 0 Å². The molecule has 0 aliphatic carbocycles. The first-order chi connectivity index (χ1) is 6.36. The summed E-state index contributed by atoms with van der Waals surface area (Å²) in [4.78, 5) is 0. The molecule has 0 saturated carbocycles. The Bertz CT molecular complexity index is 111. The first-order valence-corrected chi connectivity index (χ1v) is 5.52. The Morgan fingerprint density at radius 2 is 1.38 bits per heavy atom. The van der Waals surface area contributed by atoms with Crippen LogP contribution in [0.5, 0.6) is 0 Å². The largest absolute Gasteiger partial charge is 0.379 e. The molecule has 0 N–H and O–H groups in total. The normalized spacial score (nSPS) is 31.8. The highest BCUT2D eigenvalue weighted by Gasteiger charge is 2.16. The lowest BCUT2D eigenvalue weighted by molar-refractivity contribution is 0.0433. The second-order valence-corrected chi connectivity index (χ2v) is 3.93. The Kier molecular flexibility index (Phi) is 5.40. The van der Waals surface area contributed by atoms with E-state index in [9.17, 15) is 0 Å². The van der Waals surface area contributed by atoms with Gasteiger partial charge in [0.2, 0.25) is 0 Å². The average molecular weight is 186 g/mol. The van der Waals surface area contributed by atoms with E-state index in [1.165, 1.54) is 19.3 Å². The van der Waals surface area contributed by atoms with Crippen LogP contribution >= 0.6 is 0 Å². The Hall–Kier alpha value is -0.0800. The molecule has 2 nitrogen and oxygen atoms in total. The third-order valence-corrected chi connectivity index (χ3v) is 2.90. The molecule has 0 aromatic carbocycles. The second-order valence-electron chi connectivity index (χ2n) is 3.93. The Labute approximate surface area is 81.6 Å². The van der Waals surface area contributed by atoms with Gasteiger partial charge in [0.1, 0.15) is 0 Å². The van der Waals surface area contributed by atoms with Crippen LogP contribution in [0.15, 0.2) is 0 Å². The van der Waals surface area contributed by atoms with Crippen molar-refractivity contribution in [1.29, 1.82) is 0 Å². The molecule has 13 heavy (non-hydrogen) atoms. The van der Waals surface area contributed by atoms with Crippen LogP contribution in [0.2, 0.25) is 0 Å². The Morgan fingerprint density at radius 1 is 0.923 bits per heavy atom. The molecule has 2 unspecified atom stereocenters. The zero-order valence-corrected chi connectivity index (χ0v) is 8.92. The molecular weight excluding hydrogens is 164 g/mol. The summed E-state index contributed by atoms with van der Waals surface area (Å²) in [6, 6.07) is 0. The molecule has 0 aromatic heterocycles. The van der Waals surface area contributed by atoms with E-state index in [0.717, 1.165) is 38.3 Å². The molecule has 2 heteroatoms. The van der Waals surface area contributed by atoms with Crippen LogP contribution in [0.1, 0.15) is 33.1 Å². The molecule has 1 aliphatic heterocycles. The fraction of sp³-hybridized carbons (Fsp3) is 1.00. The SMILES string of the molecule is CCC1COCCOCC(CC)C1. The van der Waals surface area contributed by atoms with Crippen molar-refractivity contribution in [3.63, 3.8) is 0 Å². The predicted molar refractivity (Wildman–Crippen MR) is 53.8 cm³/mol. The van der Waals surface area contributed by atoms with E-state index in [0.29, 0.717) is 0 Å². The summed E-state index contributed by atoms with van der Waals surface area (Å²) < 4.78 is 11.1. The monoisotopic (exact) mass is 186 g/mol. The van der Waals surface area contributed by atoms with Gasteiger partial charge in [-0.25, -0.2) is 0 Å². The van der Waals surface area contributed by atoms with Gasteiger partial charge in [0.15, 0.2) is 0 Å². The zero-order valence-electron chi connectivity index (χ0n) is 8.92. The molecule has 1 rings (SSSR count). The van der Waals surface area contributed by atoms with Crippen molar-refractivity contribution < 1.29 is 9.47 Å². The van der Waals surface area contributed by atoms with Crippen molar-refractivity contribution >= 4 is 0 Å². The topological polar surface area (TPSA) is 18.5 Å². The fourth-order valence-electron chi connectivity index (χ4n) is 1.79. The first-order valence-electron chi connectivity index (χ1n) is 5.52. The minimum absolute atomic E-state index is 0.742. The van der Waals surface area contributed by atoms with Gasteiger partial charge in [-0.2, -0.15) is 0 Å². The smallest absolute Gasteiger partial charge is 0.0700 e. The number of hydrogen-bond acceptors (Lipinski definition) is 2. The standard InChI is InChI=1S/C11H22O2/c1-3-10-7-11(4-2)9-13-6-5-12-8-10/h10-11H,3-9H2,1-2H3. The second kappa shape index (κ2) is 6.39. The maximum Gasteiger partial charge on any atom is 0.0700 e. The molecule has 0 bridgehead atoms. The summed E-state index contributed by atoms with van der Waals surface area (Å²) in [5.41, 5.74) is 0. The van der Waals surface area contributed by atoms with E-state index in [1.807, 2.05) is 0 Å². The van der Waals surface area contributed by atoms with E-state index < -0.39 is 0 Å². The molecule has 0 radical (unpaired) electrons. The van der Waals surface area contributed by atoms with Gasteiger partial charge in [0.25, 0.3) is 0 Å². The first kappa shape index (κ1) is 11.0. The van der Waals surface area contributed by atoms with Crippen LogP contribution in [-0.4, -0.2) is 26.4 Å². The van der Waals surface area contributed by atoms with Crippen molar-refractivity contribution in [2.75, 3.05) is 26.4 Å². The Morgan fingerprint density at radius 3 is 1.77 bits per heavy atom. The van der Waals surface area contributed by atoms with E-state index in [-0.39, 0.29) is 0 Å². The summed E-state index contributed by atoms with van der Waals surface area (Å²) in [5, 5.41) is 0. The van der Waals surface area contributed by atoms with Crippen molar-refractivity contribution in [2.45, 2.75) is 33.1 Å². The molecule has 2 atom stereocenters. The maximum atomic E-state index is 5.53. The summed E-state index contributed by atoms with van der Waals surface area (Å²) in [6.07, 6.45) is 3.74. The van der Waals surface area contributed by atoms with Crippen molar-refractivity contribution in [3.05, 3.63) is 0 Å². The van der Waals surface area contributed by atoms with Crippen LogP contribution in [0.25, 0.3) is 0 Å². The summed E-state index contributed by atoms with van der Waals surface area (Å²) >= 11 is 0. The van der Waals surface area contributed by atoms with Crippen LogP contribution in [0.4, 0.5) is 0 Å². The highest BCUT2D eigenvalue weighted by molar-refractivity contribution is 4.65. The molecule has 0 aromatic rings.